The molecule has 0 aliphatic carbocycles. The lowest BCUT2D eigenvalue weighted by atomic mass is 10.0. The normalized spacial score (nSPS) is 24.6. The highest BCUT2D eigenvalue weighted by molar-refractivity contribution is 5.79. The molecule has 1 fully saturated rings. The maximum absolute atomic E-state index is 11.8. The molecule has 2 rings (SSSR count). The number of rotatable bonds is 4. The average molecular weight is 222 g/mol. The molecule has 2 unspecified atom stereocenters. The lowest BCUT2D eigenvalue weighted by Gasteiger charge is -2.14. The largest absolute Gasteiger partial charge is 0.355 e. The van der Waals surface area contributed by atoms with Crippen LogP contribution in [0.4, 0.5) is 0 Å². The van der Waals surface area contributed by atoms with Crippen LogP contribution < -0.4 is 10.6 Å². The van der Waals surface area contributed by atoms with Gasteiger partial charge in [0.1, 0.15) is 0 Å². The predicted octanol–water partition coefficient (Wildman–Crippen LogP) is 0.0664. The van der Waals surface area contributed by atoms with Crippen molar-refractivity contribution in [2.24, 2.45) is 5.92 Å². The van der Waals surface area contributed by atoms with Crippen LogP contribution >= 0.6 is 0 Å². The Bertz CT molecular complexity index is 336. The summed E-state index contributed by atoms with van der Waals surface area (Å²) in [5, 5.41) is 6.24. The van der Waals surface area contributed by atoms with E-state index < -0.39 is 0 Å². The lowest BCUT2D eigenvalue weighted by Crippen LogP contribution is -2.37. The number of H-pyrrole nitrogens is 1. The molecule has 1 aliphatic heterocycles. The third-order valence-corrected chi connectivity index (χ3v) is 3.11. The van der Waals surface area contributed by atoms with Gasteiger partial charge in [-0.3, -0.25) is 4.79 Å². The Kier molecular flexibility index (Phi) is 3.56. The van der Waals surface area contributed by atoms with Gasteiger partial charge in [0, 0.05) is 30.9 Å². The number of carbonyl (C=O) groups is 1. The van der Waals surface area contributed by atoms with Crippen LogP contribution in [0.5, 0.6) is 0 Å². The Labute approximate surface area is 95.0 Å². The van der Waals surface area contributed by atoms with E-state index in [1.165, 1.54) is 0 Å². The molecule has 1 saturated heterocycles. The molecule has 0 bridgehead atoms. The first-order chi connectivity index (χ1) is 7.77. The zero-order valence-corrected chi connectivity index (χ0v) is 9.49. The number of nitrogens with one attached hydrogen (secondary N) is 3. The molecule has 2 heterocycles. The van der Waals surface area contributed by atoms with E-state index >= 15 is 0 Å². The summed E-state index contributed by atoms with van der Waals surface area (Å²) in [5.41, 5.74) is 1.05. The van der Waals surface area contributed by atoms with E-state index in [-0.39, 0.29) is 11.8 Å². The van der Waals surface area contributed by atoms with E-state index in [0.717, 1.165) is 25.1 Å². The Balaban J connectivity index is 1.71. The minimum Gasteiger partial charge on any atom is -0.355 e. The summed E-state index contributed by atoms with van der Waals surface area (Å²) in [5.74, 6) is 0.291. The highest BCUT2D eigenvalue weighted by atomic mass is 16.1. The highest BCUT2D eigenvalue weighted by Crippen LogP contribution is 2.14. The van der Waals surface area contributed by atoms with Crippen LogP contribution in [0.25, 0.3) is 0 Å². The van der Waals surface area contributed by atoms with Gasteiger partial charge in [-0.05, 0) is 19.9 Å². The number of hydrogen-bond acceptors (Lipinski definition) is 3. The van der Waals surface area contributed by atoms with E-state index in [2.05, 4.69) is 27.5 Å². The molecular formula is C11H18N4O. The molecule has 0 aromatic carbocycles. The minimum absolute atomic E-state index is 0.127. The number of hydrogen-bond donors (Lipinski definition) is 3. The van der Waals surface area contributed by atoms with Crippen LogP contribution in [0.3, 0.4) is 0 Å². The van der Waals surface area contributed by atoms with E-state index in [1.807, 2.05) is 0 Å². The fraction of sp³-hybridized carbons (Fsp3) is 0.636. The highest BCUT2D eigenvalue weighted by Gasteiger charge is 2.28. The van der Waals surface area contributed by atoms with Gasteiger partial charge in [0.05, 0.1) is 12.2 Å². The van der Waals surface area contributed by atoms with Crippen LogP contribution in [0.2, 0.25) is 0 Å². The number of carbonyl (C=O) groups excluding carboxylic acids is 1. The van der Waals surface area contributed by atoms with Crippen molar-refractivity contribution in [3.05, 3.63) is 18.2 Å². The maximum atomic E-state index is 11.8. The molecule has 5 heteroatoms. The zero-order valence-electron chi connectivity index (χ0n) is 9.49. The molecule has 1 aliphatic rings. The second kappa shape index (κ2) is 5.12. The molecule has 88 valence electrons. The molecule has 0 radical (unpaired) electrons. The van der Waals surface area contributed by atoms with Crippen molar-refractivity contribution < 1.29 is 4.79 Å². The number of aromatic nitrogens is 2. The van der Waals surface area contributed by atoms with Gasteiger partial charge in [-0.1, -0.05) is 0 Å². The smallest absolute Gasteiger partial charge is 0.224 e. The van der Waals surface area contributed by atoms with Crippen molar-refractivity contribution in [1.82, 2.24) is 20.6 Å². The average Bonchev–Trinajstić information content (AvgIpc) is 2.88. The molecule has 16 heavy (non-hydrogen) atoms. The summed E-state index contributed by atoms with van der Waals surface area (Å²) in [6, 6.07) is 0.298. The topological polar surface area (TPSA) is 69.8 Å². The van der Waals surface area contributed by atoms with Gasteiger partial charge >= 0.3 is 0 Å². The number of aromatic amines is 1. The monoisotopic (exact) mass is 222 g/mol. The molecule has 1 amide bonds. The fourth-order valence-electron chi connectivity index (χ4n) is 2.09. The van der Waals surface area contributed by atoms with Gasteiger partial charge in [0.15, 0.2) is 0 Å². The molecule has 5 nitrogen and oxygen atoms in total. The van der Waals surface area contributed by atoms with Crippen LogP contribution in [0, 0.1) is 5.92 Å². The molecule has 3 N–H and O–H groups in total. The first-order valence-corrected chi connectivity index (χ1v) is 5.75. The summed E-state index contributed by atoms with van der Waals surface area (Å²) in [6.07, 6.45) is 5.18. The van der Waals surface area contributed by atoms with Crippen LogP contribution in [0.1, 0.15) is 19.0 Å². The molecule has 0 saturated carbocycles. The van der Waals surface area contributed by atoms with Gasteiger partial charge < -0.3 is 15.6 Å². The lowest BCUT2D eigenvalue weighted by molar-refractivity contribution is -0.125. The minimum atomic E-state index is 0.127. The zero-order chi connectivity index (χ0) is 11.4. The fourth-order valence-corrected chi connectivity index (χ4v) is 2.09. The van der Waals surface area contributed by atoms with E-state index in [9.17, 15) is 4.79 Å². The Morgan fingerprint density at radius 1 is 1.69 bits per heavy atom. The number of nitrogens with zero attached hydrogens (tertiary/aromatic N) is 1. The molecular weight excluding hydrogens is 204 g/mol. The van der Waals surface area contributed by atoms with Gasteiger partial charge in [-0.25, -0.2) is 4.98 Å². The summed E-state index contributed by atoms with van der Waals surface area (Å²) in [7, 11) is 0. The van der Waals surface area contributed by atoms with E-state index in [4.69, 9.17) is 0 Å². The van der Waals surface area contributed by atoms with Crippen LogP contribution in [0.15, 0.2) is 12.5 Å². The first kappa shape index (κ1) is 11.1. The van der Waals surface area contributed by atoms with Crippen molar-refractivity contribution >= 4 is 5.91 Å². The SMILES string of the molecule is CC1NCCC1C(=O)NCCc1cnc[nH]1. The van der Waals surface area contributed by atoms with E-state index in [0.29, 0.717) is 12.6 Å². The quantitative estimate of drug-likeness (QED) is 0.675. The number of imidazole rings is 1. The van der Waals surface area contributed by atoms with Crippen LogP contribution in [-0.4, -0.2) is 35.0 Å². The van der Waals surface area contributed by atoms with Gasteiger partial charge in [0.2, 0.25) is 5.91 Å². The van der Waals surface area contributed by atoms with Crippen LogP contribution in [-0.2, 0) is 11.2 Å². The molecule has 0 spiro atoms. The summed E-state index contributed by atoms with van der Waals surface area (Å²) >= 11 is 0. The Morgan fingerprint density at radius 2 is 2.56 bits per heavy atom. The summed E-state index contributed by atoms with van der Waals surface area (Å²) in [6.45, 7) is 3.68. The maximum Gasteiger partial charge on any atom is 0.224 e. The third-order valence-electron chi connectivity index (χ3n) is 3.11. The third kappa shape index (κ3) is 2.61. The van der Waals surface area contributed by atoms with Gasteiger partial charge in [-0.2, -0.15) is 0 Å². The van der Waals surface area contributed by atoms with Gasteiger partial charge in [-0.15, -0.1) is 0 Å². The standard InChI is InChI=1S/C11H18N4O/c1-8-10(3-5-13-8)11(16)14-4-2-9-6-12-7-15-9/h6-8,10,13H,2-5H2,1H3,(H,12,15)(H,14,16). The summed E-state index contributed by atoms with van der Waals surface area (Å²) < 4.78 is 0. The van der Waals surface area contributed by atoms with Crippen molar-refractivity contribution in [3.8, 4) is 0 Å². The molecule has 1 aromatic heterocycles. The van der Waals surface area contributed by atoms with E-state index in [1.54, 1.807) is 12.5 Å². The van der Waals surface area contributed by atoms with Crippen molar-refractivity contribution in [2.75, 3.05) is 13.1 Å². The Hall–Kier alpha value is -1.36. The second-order valence-electron chi connectivity index (χ2n) is 4.26. The first-order valence-electron chi connectivity index (χ1n) is 5.75. The summed E-state index contributed by atoms with van der Waals surface area (Å²) in [4.78, 5) is 18.8. The van der Waals surface area contributed by atoms with Crippen molar-refractivity contribution in [3.63, 3.8) is 0 Å². The van der Waals surface area contributed by atoms with Gasteiger partial charge in [0.25, 0.3) is 0 Å². The Morgan fingerprint density at radius 3 is 3.19 bits per heavy atom. The number of amides is 1. The molecule has 2 atom stereocenters. The molecule has 1 aromatic rings. The van der Waals surface area contributed by atoms with Crippen molar-refractivity contribution in [1.29, 1.82) is 0 Å². The van der Waals surface area contributed by atoms with Crippen molar-refractivity contribution in [2.45, 2.75) is 25.8 Å². The second-order valence-corrected chi connectivity index (χ2v) is 4.26. The predicted molar refractivity (Wildman–Crippen MR) is 60.9 cm³/mol.